The Morgan fingerprint density at radius 3 is 2.71 bits per heavy atom. The zero-order valence-corrected chi connectivity index (χ0v) is 20.3. The molecule has 0 spiro atoms. The quantitative estimate of drug-likeness (QED) is 0.236. The van der Waals surface area contributed by atoms with Crippen LogP contribution in [-0.2, 0) is 26.1 Å². The second-order valence-electron chi connectivity index (χ2n) is 6.66. The van der Waals surface area contributed by atoms with Crippen molar-refractivity contribution in [3.05, 3.63) is 71.9 Å². The highest BCUT2D eigenvalue weighted by atomic mass is 127. The molecule has 2 N–H and O–H groups in total. The minimum absolute atomic E-state index is 0. The highest BCUT2D eigenvalue weighted by Crippen LogP contribution is 2.17. The molecular formula is C22H30IN7O. The molecule has 0 bridgehead atoms. The average Bonchev–Trinajstić information content (AvgIpc) is 3.25. The number of hydrogen-bond acceptors (Lipinski definition) is 5. The number of benzene rings is 1. The van der Waals surface area contributed by atoms with Crippen LogP contribution >= 0.6 is 24.0 Å². The van der Waals surface area contributed by atoms with E-state index < -0.39 is 0 Å². The van der Waals surface area contributed by atoms with Gasteiger partial charge in [0.1, 0.15) is 18.8 Å². The number of guanidine groups is 1. The zero-order chi connectivity index (χ0) is 21.0. The molecular weight excluding hydrogens is 505 g/mol. The van der Waals surface area contributed by atoms with E-state index in [9.17, 15) is 0 Å². The Morgan fingerprint density at radius 1 is 1.10 bits per heavy atom. The van der Waals surface area contributed by atoms with Gasteiger partial charge in [0.15, 0.2) is 5.96 Å². The highest BCUT2D eigenvalue weighted by Gasteiger charge is 2.06. The van der Waals surface area contributed by atoms with Crippen LogP contribution in [0.15, 0.2) is 60.0 Å². The van der Waals surface area contributed by atoms with Crippen LogP contribution in [0.4, 0.5) is 0 Å². The molecule has 3 rings (SSSR count). The smallest absolute Gasteiger partial charge is 0.218 e. The van der Waals surface area contributed by atoms with E-state index in [0.717, 1.165) is 49.0 Å². The summed E-state index contributed by atoms with van der Waals surface area (Å²) in [6, 6.07) is 14.0. The van der Waals surface area contributed by atoms with Gasteiger partial charge in [0.25, 0.3) is 0 Å². The standard InChI is InChI=1S/C22H29N7O.HI/c1-3-20-28-27-17-29(20)14-13-25-22(23-4-2)26-15-19-11-8-12-24-21(19)30-16-18-9-6-5-7-10-18;/h5-12,17H,3-4,13-16H2,1-2H3,(H2,23,25,26);1H. The molecule has 31 heavy (non-hydrogen) atoms. The Labute approximate surface area is 200 Å². The molecule has 8 nitrogen and oxygen atoms in total. The first-order chi connectivity index (χ1) is 14.8. The molecule has 166 valence electrons. The van der Waals surface area contributed by atoms with Crippen LogP contribution in [0, 0.1) is 0 Å². The van der Waals surface area contributed by atoms with Gasteiger partial charge in [0, 0.05) is 37.8 Å². The van der Waals surface area contributed by atoms with Gasteiger partial charge in [-0.25, -0.2) is 9.98 Å². The lowest BCUT2D eigenvalue weighted by Gasteiger charge is -2.13. The van der Waals surface area contributed by atoms with E-state index in [1.165, 1.54) is 0 Å². The Hall–Kier alpha value is -2.69. The monoisotopic (exact) mass is 535 g/mol. The Balaban J connectivity index is 0.00000341. The van der Waals surface area contributed by atoms with Crippen molar-refractivity contribution < 1.29 is 4.74 Å². The third kappa shape index (κ3) is 7.82. The molecule has 0 unspecified atom stereocenters. The van der Waals surface area contributed by atoms with E-state index >= 15 is 0 Å². The van der Waals surface area contributed by atoms with Crippen molar-refractivity contribution in [3.63, 3.8) is 0 Å². The largest absolute Gasteiger partial charge is 0.473 e. The van der Waals surface area contributed by atoms with Crippen LogP contribution < -0.4 is 15.4 Å². The van der Waals surface area contributed by atoms with Gasteiger partial charge in [-0.15, -0.1) is 34.2 Å². The van der Waals surface area contributed by atoms with Crippen molar-refractivity contribution in [2.24, 2.45) is 4.99 Å². The Morgan fingerprint density at radius 2 is 1.94 bits per heavy atom. The summed E-state index contributed by atoms with van der Waals surface area (Å²) in [5, 5.41) is 14.7. The van der Waals surface area contributed by atoms with Crippen molar-refractivity contribution in [2.45, 2.75) is 40.0 Å². The topological polar surface area (TPSA) is 89.3 Å². The molecule has 9 heteroatoms. The molecule has 3 aromatic rings. The molecule has 0 aliphatic rings. The number of aromatic nitrogens is 4. The zero-order valence-electron chi connectivity index (χ0n) is 18.0. The molecule has 0 amide bonds. The predicted molar refractivity (Wildman–Crippen MR) is 133 cm³/mol. The SMILES string of the molecule is CCNC(=NCc1cccnc1OCc1ccccc1)NCCn1cnnc1CC.I. The first-order valence-electron chi connectivity index (χ1n) is 10.3. The van der Waals surface area contributed by atoms with Gasteiger partial charge < -0.3 is 19.9 Å². The number of hydrogen-bond donors (Lipinski definition) is 2. The van der Waals surface area contributed by atoms with Crippen LogP contribution in [0.2, 0.25) is 0 Å². The van der Waals surface area contributed by atoms with Gasteiger partial charge in [0.2, 0.25) is 5.88 Å². The van der Waals surface area contributed by atoms with Crippen molar-refractivity contribution in [1.82, 2.24) is 30.4 Å². The molecule has 2 aromatic heterocycles. The number of halogens is 1. The Kier molecular flexibility index (Phi) is 10.8. The van der Waals surface area contributed by atoms with E-state index in [1.54, 1.807) is 12.5 Å². The van der Waals surface area contributed by atoms with E-state index in [-0.39, 0.29) is 24.0 Å². The summed E-state index contributed by atoms with van der Waals surface area (Å²) in [5.41, 5.74) is 2.05. The van der Waals surface area contributed by atoms with Crippen molar-refractivity contribution >= 4 is 29.9 Å². The highest BCUT2D eigenvalue weighted by molar-refractivity contribution is 14.0. The van der Waals surface area contributed by atoms with Crippen molar-refractivity contribution in [2.75, 3.05) is 13.1 Å². The summed E-state index contributed by atoms with van der Waals surface area (Å²) in [5.74, 6) is 2.34. The first kappa shape index (κ1) is 24.6. The van der Waals surface area contributed by atoms with E-state index in [0.29, 0.717) is 19.0 Å². The van der Waals surface area contributed by atoms with E-state index in [2.05, 4.69) is 32.7 Å². The van der Waals surface area contributed by atoms with E-state index in [4.69, 9.17) is 9.73 Å². The minimum atomic E-state index is 0. The fourth-order valence-electron chi connectivity index (χ4n) is 2.94. The summed E-state index contributed by atoms with van der Waals surface area (Å²) in [6.07, 6.45) is 4.36. The summed E-state index contributed by atoms with van der Waals surface area (Å²) in [7, 11) is 0. The molecule has 0 fully saturated rings. The summed E-state index contributed by atoms with van der Waals surface area (Å²) >= 11 is 0. The van der Waals surface area contributed by atoms with Gasteiger partial charge in [0.05, 0.1) is 6.54 Å². The number of rotatable bonds is 10. The van der Waals surface area contributed by atoms with Gasteiger partial charge in [-0.1, -0.05) is 43.3 Å². The normalized spacial score (nSPS) is 11.0. The molecule has 0 aliphatic heterocycles. The van der Waals surface area contributed by atoms with Crippen molar-refractivity contribution in [1.29, 1.82) is 0 Å². The van der Waals surface area contributed by atoms with Crippen LogP contribution in [-0.4, -0.2) is 38.8 Å². The maximum atomic E-state index is 5.93. The second-order valence-corrected chi connectivity index (χ2v) is 6.66. The first-order valence-corrected chi connectivity index (χ1v) is 10.3. The molecule has 2 heterocycles. The number of aliphatic imine (C=N–C) groups is 1. The number of pyridine rings is 1. The Bertz CT molecular complexity index is 930. The number of aryl methyl sites for hydroxylation is 1. The fourth-order valence-corrected chi connectivity index (χ4v) is 2.94. The molecule has 0 saturated heterocycles. The minimum Gasteiger partial charge on any atom is -0.473 e. The fraction of sp³-hybridized carbons (Fsp3) is 0.364. The number of nitrogens with one attached hydrogen (secondary N) is 2. The summed E-state index contributed by atoms with van der Waals surface area (Å²) in [4.78, 5) is 9.08. The predicted octanol–water partition coefficient (Wildman–Crippen LogP) is 3.19. The third-order valence-electron chi connectivity index (χ3n) is 4.48. The molecule has 0 atom stereocenters. The maximum Gasteiger partial charge on any atom is 0.218 e. The second kappa shape index (κ2) is 13.6. The molecule has 0 radical (unpaired) electrons. The number of nitrogens with zero attached hydrogens (tertiary/aromatic N) is 5. The lowest BCUT2D eigenvalue weighted by Crippen LogP contribution is -2.39. The third-order valence-corrected chi connectivity index (χ3v) is 4.48. The van der Waals surface area contributed by atoms with Gasteiger partial charge in [-0.3, -0.25) is 0 Å². The maximum absolute atomic E-state index is 5.93. The van der Waals surface area contributed by atoms with E-state index in [1.807, 2.05) is 54.0 Å². The summed E-state index contributed by atoms with van der Waals surface area (Å²) in [6.45, 7) is 7.35. The van der Waals surface area contributed by atoms with Gasteiger partial charge in [-0.05, 0) is 18.6 Å². The molecule has 0 saturated carbocycles. The van der Waals surface area contributed by atoms with Gasteiger partial charge in [-0.2, -0.15) is 0 Å². The average molecular weight is 535 g/mol. The molecule has 1 aromatic carbocycles. The lowest BCUT2D eigenvalue weighted by atomic mass is 10.2. The van der Waals surface area contributed by atoms with Crippen LogP contribution in [0.1, 0.15) is 30.8 Å². The van der Waals surface area contributed by atoms with Crippen LogP contribution in [0.5, 0.6) is 5.88 Å². The van der Waals surface area contributed by atoms with Crippen LogP contribution in [0.25, 0.3) is 0 Å². The lowest BCUT2D eigenvalue weighted by molar-refractivity contribution is 0.290. The molecule has 0 aliphatic carbocycles. The van der Waals surface area contributed by atoms with Crippen LogP contribution in [0.3, 0.4) is 0 Å². The summed E-state index contributed by atoms with van der Waals surface area (Å²) < 4.78 is 7.98. The van der Waals surface area contributed by atoms with Gasteiger partial charge >= 0.3 is 0 Å². The number of ether oxygens (including phenoxy) is 1. The van der Waals surface area contributed by atoms with Crippen molar-refractivity contribution in [3.8, 4) is 5.88 Å².